The Bertz CT molecular complexity index is 323. The smallest absolute Gasteiger partial charge is 0.343 e. The lowest BCUT2D eigenvalue weighted by atomic mass is 10.4. The molecule has 0 saturated carbocycles. The van der Waals surface area contributed by atoms with Crippen LogP contribution in [0.15, 0.2) is 22.8 Å². The summed E-state index contributed by atoms with van der Waals surface area (Å²) in [5.74, 6) is 0.670. The van der Waals surface area contributed by atoms with Crippen LogP contribution in [0.1, 0.15) is 5.76 Å². The minimum Gasteiger partial charge on any atom is -0.468 e. The minimum absolute atomic E-state index is 0.318. The number of rotatable bonds is 4. The molecule has 1 unspecified atom stereocenters. The van der Waals surface area contributed by atoms with Gasteiger partial charge in [-0.2, -0.15) is 0 Å². The molecule has 6 heteroatoms. The van der Waals surface area contributed by atoms with Gasteiger partial charge < -0.3 is 9.31 Å². The molecule has 0 aromatic carbocycles. The van der Waals surface area contributed by atoms with Crippen LogP contribution in [-0.4, -0.2) is 35.4 Å². The van der Waals surface area contributed by atoms with Gasteiger partial charge in [0, 0.05) is 0 Å². The number of hydrogen-bond donors (Lipinski definition) is 1. The van der Waals surface area contributed by atoms with Gasteiger partial charge in [-0.15, -0.1) is 0 Å². The third-order valence-electron chi connectivity index (χ3n) is 1.93. The average molecular weight is 218 g/mol. The van der Waals surface area contributed by atoms with Gasteiger partial charge in [0.2, 0.25) is 0 Å². The van der Waals surface area contributed by atoms with Crippen molar-refractivity contribution in [3.05, 3.63) is 24.2 Å². The number of furan rings is 1. The third-order valence-corrected chi connectivity index (χ3v) is 4.00. The van der Waals surface area contributed by atoms with E-state index in [2.05, 4.69) is 0 Å². The maximum absolute atomic E-state index is 11.7. The maximum Gasteiger partial charge on any atom is 0.343 e. The quantitative estimate of drug-likeness (QED) is 0.773. The Morgan fingerprint density at radius 2 is 2.14 bits per heavy atom. The highest BCUT2D eigenvalue weighted by molar-refractivity contribution is 7.52. The van der Waals surface area contributed by atoms with E-state index in [0.29, 0.717) is 12.3 Å². The van der Waals surface area contributed by atoms with Gasteiger partial charge in [0.1, 0.15) is 5.76 Å². The molecular weight excluding hydrogens is 203 g/mol. The van der Waals surface area contributed by atoms with E-state index >= 15 is 0 Å². The van der Waals surface area contributed by atoms with Crippen LogP contribution < -0.4 is 0 Å². The molecule has 0 saturated heterocycles. The Balaban J connectivity index is 2.67. The van der Waals surface area contributed by atoms with Crippen LogP contribution in [0.25, 0.3) is 0 Å². The first-order valence-electron chi connectivity index (χ1n) is 4.19. The van der Waals surface area contributed by atoms with Crippen molar-refractivity contribution in [3.63, 3.8) is 0 Å². The van der Waals surface area contributed by atoms with Gasteiger partial charge in [-0.3, -0.25) is 4.57 Å². The highest BCUT2D eigenvalue weighted by atomic mass is 31.2. The van der Waals surface area contributed by atoms with Crippen molar-refractivity contribution in [1.29, 1.82) is 0 Å². The molecule has 1 atom stereocenters. The molecule has 0 radical (unpaired) electrons. The zero-order valence-corrected chi connectivity index (χ0v) is 9.44. The molecule has 1 heterocycles. The highest BCUT2D eigenvalue weighted by Crippen LogP contribution is 2.46. The van der Waals surface area contributed by atoms with Crippen LogP contribution in [0.2, 0.25) is 0 Å². The summed E-state index contributed by atoms with van der Waals surface area (Å²) in [6, 6.07) is 3.52. The minimum atomic E-state index is -3.39. The Labute approximate surface area is 83.5 Å². The topological polar surface area (TPSA) is 56.9 Å². The molecule has 1 aromatic heterocycles. The predicted octanol–water partition coefficient (Wildman–Crippen LogP) is 1.37. The molecule has 1 rings (SSSR count). The van der Waals surface area contributed by atoms with E-state index < -0.39 is 7.67 Å². The van der Waals surface area contributed by atoms with Crippen LogP contribution in [0, 0.1) is 0 Å². The van der Waals surface area contributed by atoms with E-state index in [0.717, 1.165) is 0 Å². The maximum atomic E-state index is 11.7. The summed E-state index contributed by atoms with van der Waals surface area (Å²) >= 11 is 0. The summed E-state index contributed by atoms with van der Waals surface area (Å²) < 4.78 is 19.5. The Hall–Kier alpha value is -0.610. The average Bonchev–Trinajstić information content (AvgIpc) is 2.56. The van der Waals surface area contributed by atoms with Crippen molar-refractivity contribution < 1.29 is 13.9 Å². The van der Waals surface area contributed by atoms with E-state index in [1.54, 1.807) is 39.5 Å². The van der Waals surface area contributed by atoms with Crippen molar-refractivity contribution in [2.45, 2.75) is 6.54 Å². The molecule has 5 nitrogen and oxygen atoms in total. The molecule has 14 heavy (non-hydrogen) atoms. The highest BCUT2D eigenvalue weighted by Gasteiger charge is 2.27. The summed E-state index contributed by atoms with van der Waals surface area (Å²) in [4.78, 5) is 9.62. The van der Waals surface area contributed by atoms with Crippen LogP contribution in [0.3, 0.4) is 0 Å². The first-order valence-corrected chi connectivity index (χ1v) is 5.75. The second-order valence-corrected chi connectivity index (χ2v) is 5.77. The summed E-state index contributed by atoms with van der Waals surface area (Å²) in [5, 5.41) is 0. The fraction of sp³-hybridized carbons (Fsp3) is 0.500. The Morgan fingerprint density at radius 1 is 1.50 bits per heavy atom. The number of hydrogen-bond acceptors (Lipinski definition) is 2. The molecular formula is C8H15N2O3P. The monoisotopic (exact) mass is 218 g/mol. The predicted molar refractivity (Wildman–Crippen MR) is 53.7 cm³/mol. The van der Waals surface area contributed by atoms with Crippen LogP contribution in [-0.2, 0) is 11.1 Å². The van der Waals surface area contributed by atoms with Gasteiger partial charge in [0.05, 0.1) is 12.8 Å². The molecule has 1 aromatic rings. The molecule has 0 aliphatic rings. The second-order valence-electron chi connectivity index (χ2n) is 3.26. The van der Waals surface area contributed by atoms with Crippen LogP contribution in [0.5, 0.6) is 0 Å². The summed E-state index contributed by atoms with van der Waals surface area (Å²) in [6.07, 6.45) is 1.54. The van der Waals surface area contributed by atoms with Crippen molar-refractivity contribution >= 4 is 7.67 Å². The van der Waals surface area contributed by atoms with Gasteiger partial charge in [-0.05, 0) is 33.3 Å². The van der Waals surface area contributed by atoms with E-state index in [1.807, 2.05) is 0 Å². The first kappa shape index (κ1) is 11.5. The zero-order valence-electron chi connectivity index (χ0n) is 8.54. The summed E-state index contributed by atoms with van der Waals surface area (Å²) in [5.41, 5.74) is 0. The van der Waals surface area contributed by atoms with E-state index in [1.165, 1.54) is 9.34 Å². The van der Waals surface area contributed by atoms with Crippen molar-refractivity contribution in [3.8, 4) is 0 Å². The molecule has 1 N–H and O–H groups in total. The third kappa shape index (κ3) is 2.45. The lowest BCUT2D eigenvalue weighted by Gasteiger charge is -2.26. The molecule has 0 aliphatic heterocycles. The zero-order chi connectivity index (χ0) is 10.8. The van der Waals surface area contributed by atoms with E-state index in [9.17, 15) is 9.46 Å². The second kappa shape index (κ2) is 4.28. The fourth-order valence-electron chi connectivity index (χ4n) is 1.03. The van der Waals surface area contributed by atoms with E-state index in [4.69, 9.17) is 4.42 Å². The number of nitrogens with zero attached hydrogens (tertiary/aromatic N) is 2. The van der Waals surface area contributed by atoms with E-state index in [-0.39, 0.29) is 0 Å². The van der Waals surface area contributed by atoms with Crippen molar-refractivity contribution in [2.75, 3.05) is 21.1 Å². The normalized spacial score (nSPS) is 16.1. The molecule has 0 bridgehead atoms. The van der Waals surface area contributed by atoms with Crippen LogP contribution in [0.4, 0.5) is 0 Å². The largest absolute Gasteiger partial charge is 0.468 e. The molecule has 0 spiro atoms. The fourth-order valence-corrected chi connectivity index (χ4v) is 1.96. The van der Waals surface area contributed by atoms with Gasteiger partial charge in [-0.1, -0.05) is 0 Å². The van der Waals surface area contributed by atoms with Crippen molar-refractivity contribution in [2.24, 2.45) is 0 Å². The standard InChI is InChI=1S/C8H15N2O3P/c1-9(2)14(11,12)10(3)7-8-5-4-6-13-8/h4-6H,7H2,1-3H3,(H,11,12). The van der Waals surface area contributed by atoms with Gasteiger partial charge in [0.15, 0.2) is 0 Å². The van der Waals surface area contributed by atoms with Crippen molar-refractivity contribution in [1.82, 2.24) is 9.34 Å². The van der Waals surface area contributed by atoms with Gasteiger partial charge in [0.25, 0.3) is 0 Å². The summed E-state index contributed by atoms with van der Waals surface area (Å²) in [7, 11) is 1.33. The lowest BCUT2D eigenvalue weighted by Crippen LogP contribution is -2.23. The molecule has 0 amide bonds. The Kier molecular flexibility index (Phi) is 3.50. The molecule has 80 valence electrons. The molecule has 0 fully saturated rings. The Morgan fingerprint density at radius 3 is 2.57 bits per heavy atom. The van der Waals surface area contributed by atoms with Crippen LogP contribution >= 0.6 is 7.67 Å². The van der Waals surface area contributed by atoms with Gasteiger partial charge in [-0.25, -0.2) is 9.34 Å². The SMILES string of the molecule is CN(C)P(=O)(O)N(C)Cc1ccco1. The summed E-state index contributed by atoms with van der Waals surface area (Å²) in [6.45, 7) is 0.318. The molecule has 0 aliphatic carbocycles. The lowest BCUT2D eigenvalue weighted by molar-refractivity contribution is 0.307. The first-order chi connectivity index (χ1) is 6.44. The van der Waals surface area contributed by atoms with Gasteiger partial charge >= 0.3 is 7.67 Å².